The first-order valence-electron chi connectivity index (χ1n) is 8.34. The molecule has 112 valence electrons. The Bertz CT molecular complexity index is 356. The molecule has 2 atom stereocenters. The van der Waals surface area contributed by atoms with Gasteiger partial charge in [0.1, 0.15) is 6.10 Å². The van der Waals surface area contributed by atoms with Crippen LogP contribution in [0.5, 0.6) is 0 Å². The molecule has 0 spiro atoms. The normalized spacial score (nSPS) is 31.8. The second-order valence-corrected chi connectivity index (χ2v) is 6.18. The van der Waals surface area contributed by atoms with Crippen LogP contribution in [0.2, 0.25) is 0 Å². The van der Waals surface area contributed by atoms with Crippen molar-refractivity contribution in [1.82, 2.24) is 0 Å². The first-order chi connectivity index (χ1) is 9.79. The van der Waals surface area contributed by atoms with Crippen molar-refractivity contribution in [2.75, 3.05) is 0 Å². The van der Waals surface area contributed by atoms with Gasteiger partial charge in [0.05, 0.1) is 0 Å². The summed E-state index contributed by atoms with van der Waals surface area (Å²) in [5, 5.41) is 0. The van der Waals surface area contributed by atoms with Crippen molar-refractivity contribution in [3.8, 4) is 0 Å². The lowest BCUT2D eigenvalue weighted by atomic mass is 9.88. The Balaban J connectivity index is 1.88. The smallest absolute Gasteiger partial charge is 0.334 e. The Labute approximate surface area is 123 Å². The van der Waals surface area contributed by atoms with E-state index in [4.69, 9.17) is 4.74 Å². The Morgan fingerprint density at radius 1 is 0.900 bits per heavy atom. The molecule has 0 radical (unpaired) electrons. The molecule has 0 saturated carbocycles. The molecule has 1 aliphatic heterocycles. The van der Waals surface area contributed by atoms with Gasteiger partial charge in [-0.2, -0.15) is 0 Å². The lowest BCUT2D eigenvalue weighted by Crippen LogP contribution is -2.16. The first-order valence-corrected chi connectivity index (χ1v) is 8.34. The Kier molecular flexibility index (Phi) is 6.35. The van der Waals surface area contributed by atoms with Gasteiger partial charge in [0, 0.05) is 11.5 Å². The van der Waals surface area contributed by atoms with Crippen molar-refractivity contribution in [3.05, 3.63) is 24.3 Å². The third-order valence-electron chi connectivity index (χ3n) is 4.58. The SMILES string of the molecule is C=C1C(=O)O[C@@H]2CCCC/C=C/CCCCCCC[C@H]12. The molecule has 0 aromatic heterocycles. The van der Waals surface area contributed by atoms with E-state index in [2.05, 4.69) is 18.7 Å². The molecule has 1 fully saturated rings. The van der Waals surface area contributed by atoms with Crippen molar-refractivity contribution >= 4 is 5.97 Å². The lowest BCUT2D eigenvalue weighted by Gasteiger charge is -2.17. The summed E-state index contributed by atoms with van der Waals surface area (Å²) < 4.78 is 5.51. The highest BCUT2D eigenvalue weighted by Gasteiger charge is 2.37. The van der Waals surface area contributed by atoms with Gasteiger partial charge in [-0.15, -0.1) is 0 Å². The fourth-order valence-electron chi connectivity index (χ4n) is 3.29. The number of hydrogen-bond acceptors (Lipinski definition) is 2. The quantitative estimate of drug-likeness (QED) is 0.355. The predicted octanol–water partition coefficient (Wildman–Crippen LogP) is 4.95. The maximum absolute atomic E-state index is 11.7. The molecule has 2 nitrogen and oxygen atoms in total. The molecule has 0 unspecified atom stereocenters. The molecule has 1 heterocycles. The Morgan fingerprint density at radius 3 is 2.30 bits per heavy atom. The molecule has 2 rings (SSSR count). The van der Waals surface area contributed by atoms with E-state index in [9.17, 15) is 4.79 Å². The molecule has 2 heteroatoms. The zero-order valence-corrected chi connectivity index (χ0v) is 12.6. The van der Waals surface area contributed by atoms with Gasteiger partial charge >= 0.3 is 5.97 Å². The number of carbonyl (C=O) groups is 1. The van der Waals surface area contributed by atoms with E-state index in [0.717, 1.165) is 31.3 Å². The van der Waals surface area contributed by atoms with Gasteiger partial charge in [0.15, 0.2) is 0 Å². The zero-order chi connectivity index (χ0) is 14.2. The molecule has 0 amide bonds. The number of fused-ring (bicyclic) bond motifs is 1. The van der Waals surface area contributed by atoms with Crippen LogP contribution < -0.4 is 0 Å². The van der Waals surface area contributed by atoms with Crippen LogP contribution in [-0.2, 0) is 9.53 Å². The van der Waals surface area contributed by atoms with Crippen LogP contribution in [0, 0.1) is 5.92 Å². The topological polar surface area (TPSA) is 26.3 Å². The highest BCUT2D eigenvalue weighted by molar-refractivity contribution is 5.90. The second-order valence-electron chi connectivity index (χ2n) is 6.18. The zero-order valence-electron chi connectivity index (χ0n) is 12.6. The summed E-state index contributed by atoms with van der Waals surface area (Å²) in [6, 6.07) is 0. The van der Waals surface area contributed by atoms with Crippen molar-refractivity contribution in [3.63, 3.8) is 0 Å². The van der Waals surface area contributed by atoms with E-state index in [1.807, 2.05) is 0 Å². The number of ether oxygens (including phenoxy) is 1. The van der Waals surface area contributed by atoms with Crippen molar-refractivity contribution < 1.29 is 9.53 Å². The van der Waals surface area contributed by atoms with E-state index < -0.39 is 0 Å². The standard InChI is InChI=1S/C18H28O2/c1-15-16-13-11-9-7-5-3-2-4-6-8-10-12-14-17(16)20-18(15)19/h4,6,16-17H,1-3,5,7-14H2/b6-4+/t16-,17-/m1/s1. The number of rotatable bonds is 0. The molecule has 0 aromatic carbocycles. The lowest BCUT2D eigenvalue weighted by molar-refractivity contribution is -0.139. The van der Waals surface area contributed by atoms with Crippen LogP contribution in [0.1, 0.15) is 70.6 Å². The molecule has 0 N–H and O–H groups in total. The largest absolute Gasteiger partial charge is 0.458 e. The monoisotopic (exact) mass is 276 g/mol. The number of carbonyl (C=O) groups excluding carboxylic acids is 1. The van der Waals surface area contributed by atoms with Gasteiger partial charge in [-0.25, -0.2) is 4.79 Å². The first kappa shape index (κ1) is 15.3. The van der Waals surface area contributed by atoms with Crippen molar-refractivity contribution in [2.24, 2.45) is 5.92 Å². The van der Waals surface area contributed by atoms with Crippen molar-refractivity contribution in [1.29, 1.82) is 0 Å². The van der Waals surface area contributed by atoms with E-state index in [1.54, 1.807) is 0 Å². The highest BCUT2D eigenvalue weighted by atomic mass is 16.6. The molecule has 20 heavy (non-hydrogen) atoms. The summed E-state index contributed by atoms with van der Waals surface area (Å²) in [5.74, 6) is 0.129. The van der Waals surface area contributed by atoms with Crippen molar-refractivity contribution in [2.45, 2.75) is 76.7 Å². The van der Waals surface area contributed by atoms with E-state index in [1.165, 1.54) is 44.9 Å². The van der Waals surface area contributed by atoms with Gasteiger partial charge in [-0.1, -0.05) is 44.4 Å². The molecule has 1 saturated heterocycles. The van der Waals surface area contributed by atoms with Crippen LogP contribution in [0.3, 0.4) is 0 Å². The van der Waals surface area contributed by atoms with Gasteiger partial charge in [0.2, 0.25) is 0 Å². The maximum atomic E-state index is 11.7. The highest BCUT2D eigenvalue weighted by Crippen LogP contribution is 2.34. The minimum absolute atomic E-state index is 0.101. The van der Waals surface area contributed by atoms with E-state index >= 15 is 0 Å². The van der Waals surface area contributed by atoms with E-state index in [-0.39, 0.29) is 18.0 Å². The molecular weight excluding hydrogens is 248 g/mol. The fourth-order valence-corrected chi connectivity index (χ4v) is 3.29. The Morgan fingerprint density at radius 2 is 1.50 bits per heavy atom. The molecule has 0 aromatic rings. The average Bonchev–Trinajstić information content (AvgIpc) is 2.70. The molecular formula is C18H28O2. The number of hydrogen-bond donors (Lipinski definition) is 0. The third kappa shape index (κ3) is 4.50. The molecule has 0 bridgehead atoms. The van der Waals surface area contributed by atoms with Crippen LogP contribution in [-0.4, -0.2) is 12.1 Å². The third-order valence-corrected chi connectivity index (χ3v) is 4.58. The van der Waals surface area contributed by atoms with Crippen LogP contribution in [0.15, 0.2) is 24.3 Å². The summed E-state index contributed by atoms with van der Waals surface area (Å²) in [7, 11) is 0. The second kappa shape index (κ2) is 8.28. The van der Waals surface area contributed by atoms with Gasteiger partial charge in [-0.05, 0) is 44.9 Å². The number of esters is 1. The molecule has 2 aliphatic rings. The van der Waals surface area contributed by atoms with Crippen LogP contribution in [0.4, 0.5) is 0 Å². The van der Waals surface area contributed by atoms with E-state index in [0.29, 0.717) is 0 Å². The van der Waals surface area contributed by atoms with Gasteiger partial charge in [-0.3, -0.25) is 0 Å². The minimum Gasteiger partial charge on any atom is -0.458 e. The summed E-state index contributed by atoms with van der Waals surface area (Å²) in [4.78, 5) is 11.7. The molecule has 1 aliphatic carbocycles. The average molecular weight is 276 g/mol. The van der Waals surface area contributed by atoms with Gasteiger partial charge < -0.3 is 4.74 Å². The predicted molar refractivity (Wildman–Crippen MR) is 82.4 cm³/mol. The summed E-state index contributed by atoms with van der Waals surface area (Å²) in [6.07, 6.45) is 18.0. The minimum atomic E-state index is -0.152. The number of allylic oxidation sites excluding steroid dienone is 2. The maximum Gasteiger partial charge on any atom is 0.334 e. The summed E-state index contributed by atoms with van der Waals surface area (Å²) in [5.41, 5.74) is 0.721. The Hall–Kier alpha value is -1.05. The van der Waals surface area contributed by atoms with Crippen LogP contribution in [0.25, 0.3) is 0 Å². The van der Waals surface area contributed by atoms with Gasteiger partial charge in [0.25, 0.3) is 0 Å². The summed E-state index contributed by atoms with van der Waals surface area (Å²) in [6.45, 7) is 3.95. The fraction of sp³-hybridized carbons (Fsp3) is 0.722. The summed E-state index contributed by atoms with van der Waals surface area (Å²) >= 11 is 0. The van der Waals surface area contributed by atoms with Crippen LogP contribution >= 0.6 is 0 Å².